The first-order valence-corrected chi connectivity index (χ1v) is 6.23. The molecule has 0 aliphatic heterocycles. The summed E-state index contributed by atoms with van der Waals surface area (Å²) in [5, 5.41) is 4.06. The number of nitrogens with one attached hydrogen (secondary N) is 1. The highest BCUT2D eigenvalue weighted by Crippen LogP contribution is 2.06. The van der Waals surface area contributed by atoms with Gasteiger partial charge in [0.2, 0.25) is 0 Å². The van der Waals surface area contributed by atoms with Gasteiger partial charge in [0, 0.05) is 5.56 Å². The van der Waals surface area contributed by atoms with E-state index >= 15 is 0 Å². The number of halogens is 1. The Bertz CT molecular complexity index is 648. The monoisotopic (exact) mass is 270 g/mol. The van der Waals surface area contributed by atoms with Crippen molar-refractivity contribution < 1.29 is 9.18 Å². The number of rotatable bonds is 3. The molecule has 0 aliphatic carbocycles. The Labute approximate surface area is 117 Å². The predicted octanol–water partition coefficient (Wildman–Crippen LogP) is 3.29. The molecule has 0 saturated carbocycles. The van der Waals surface area contributed by atoms with Crippen LogP contribution in [0.3, 0.4) is 0 Å². The van der Waals surface area contributed by atoms with Crippen LogP contribution >= 0.6 is 0 Å². The summed E-state index contributed by atoms with van der Waals surface area (Å²) >= 11 is 0. The van der Waals surface area contributed by atoms with Gasteiger partial charge < -0.3 is 0 Å². The quantitative estimate of drug-likeness (QED) is 0.675. The van der Waals surface area contributed by atoms with Crippen molar-refractivity contribution in [1.29, 1.82) is 0 Å². The van der Waals surface area contributed by atoms with E-state index in [1.54, 1.807) is 0 Å². The smallest absolute Gasteiger partial charge is 0.267 e. The fourth-order valence-corrected chi connectivity index (χ4v) is 1.74. The van der Waals surface area contributed by atoms with Crippen LogP contribution in [0.4, 0.5) is 4.39 Å². The van der Waals surface area contributed by atoms with E-state index in [0.717, 1.165) is 11.1 Å². The minimum atomic E-state index is -0.374. The minimum Gasteiger partial charge on any atom is -0.267 e. The van der Waals surface area contributed by atoms with E-state index in [4.69, 9.17) is 0 Å². The van der Waals surface area contributed by atoms with Crippen LogP contribution in [0.2, 0.25) is 0 Å². The summed E-state index contributed by atoms with van der Waals surface area (Å²) in [5.74, 6) is -0.738. The topological polar surface area (TPSA) is 41.5 Å². The number of amides is 1. The zero-order valence-corrected chi connectivity index (χ0v) is 11.4. The largest absolute Gasteiger partial charge is 0.271 e. The lowest BCUT2D eigenvalue weighted by Crippen LogP contribution is -2.19. The van der Waals surface area contributed by atoms with E-state index in [2.05, 4.69) is 10.5 Å². The molecule has 102 valence electrons. The van der Waals surface area contributed by atoms with E-state index in [9.17, 15) is 9.18 Å². The zero-order valence-electron chi connectivity index (χ0n) is 11.4. The fourth-order valence-electron chi connectivity index (χ4n) is 1.74. The lowest BCUT2D eigenvalue weighted by molar-refractivity contribution is 0.0955. The summed E-state index contributed by atoms with van der Waals surface area (Å²) in [5.41, 5.74) is 5.62. The summed E-state index contributed by atoms with van der Waals surface area (Å²) in [7, 11) is 0. The molecule has 0 radical (unpaired) electrons. The van der Waals surface area contributed by atoms with Gasteiger partial charge in [-0.05, 0) is 43.7 Å². The van der Waals surface area contributed by atoms with Crippen LogP contribution in [0.5, 0.6) is 0 Å². The first-order valence-electron chi connectivity index (χ1n) is 6.23. The van der Waals surface area contributed by atoms with Gasteiger partial charge in [-0.1, -0.05) is 29.8 Å². The van der Waals surface area contributed by atoms with Crippen LogP contribution in [0.25, 0.3) is 0 Å². The summed E-state index contributed by atoms with van der Waals surface area (Å²) in [4.78, 5) is 11.8. The van der Waals surface area contributed by atoms with Crippen LogP contribution in [0.15, 0.2) is 53.6 Å². The molecule has 4 heteroatoms. The maximum Gasteiger partial charge on any atom is 0.271 e. The predicted molar refractivity (Wildman–Crippen MR) is 77.3 cm³/mol. The number of carbonyl (C=O) groups excluding carboxylic acids is 1. The molecule has 0 spiro atoms. The molecule has 0 saturated heterocycles. The molecule has 0 unspecified atom stereocenters. The van der Waals surface area contributed by atoms with Gasteiger partial charge in [0.1, 0.15) is 5.82 Å². The van der Waals surface area contributed by atoms with Crippen LogP contribution in [0.1, 0.15) is 28.4 Å². The molecule has 2 rings (SSSR count). The number of nitrogens with zero attached hydrogens (tertiary/aromatic N) is 1. The zero-order chi connectivity index (χ0) is 14.5. The van der Waals surface area contributed by atoms with E-state index in [1.165, 1.54) is 24.3 Å². The van der Waals surface area contributed by atoms with Crippen LogP contribution in [-0.4, -0.2) is 11.6 Å². The molecule has 3 nitrogen and oxygen atoms in total. The Balaban J connectivity index is 2.08. The maximum atomic E-state index is 12.8. The normalized spacial score (nSPS) is 11.2. The molecule has 2 aromatic carbocycles. The van der Waals surface area contributed by atoms with E-state index in [-0.39, 0.29) is 11.7 Å². The second kappa shape index (κ2) is 6.10. The number of hydrogen-bond donors (Lipinski definition) is 1. The Morgan fingerprint density at radius 3 is 2.45 bits per heavy atom. The molecule has 1 amide bonds. The van der Waals surface area contributed by atoms with Crippen LogP contribution in [-0.2, 0) is 0 Å². The molecule has 20 heavy (non-hydrogen) atoms. The van der Waals surface area contributed by atoms with E-state index in [1.807, 2.05) is 38.1 Å². The van der Waals surface area contributed by atoms with Gasteiger partial charge in [-0.15, -0.1) is 0 Å². The van der Waals surface area contributed by atoms with E-state index in [0.29, 0.717) is 11.3 Å². The highest BCUT2D eigenvalue weighted by molar-refractivity contribution is 6.00. The molecular weight excluding hydrogens is 255 g/mol. The number of hydrogen-bond acceptors (Lipinski definition) is 2. The van der Waals surface area contributed by atoms with Crippen molar-refractivity contribution in [2.75, 3.05) is 0 Å². The average molecular weight is 270 g/mol. The third-order valence-electron chi connectivity index (χ3n) is 2.87. The number of aryl methyl sites for hydroxylation is 1. The number of benzene rings is 2. The van der Waals surface area contributed by atoms with Crippen LogP contribution < -0.4 is 5.43 Å². The van der Waals surface area contributed by atoms with Crippen molar-refractivity contribution in [1.82, 2.24) is 5.43 Å². The summed E-state index contributed by atoms with van der Waals surface area (Å²) in [6.45, 7) is 3.81. The first-order chi connectivity index (χ1) is 9.56. The van der Waals surface area contributed by atoms with Gasteiger partial charge >= 0.3 is 0 Å². The molecule has 0 atom stereocenters. The Hall–Kier alpha value is -2.49. The van der Waals surface area contributed by atoms with Gasteiger partial charge in [0.05, 0.1) is 5.71 Å². The maximum absolute atomic E-state index is 12.8. The van der Waals surface area contributed by atoms with Gasteiger partial charge in [-0.2, -0.15) is 5.10 Å². The molecule has 0 aliphatic rings. The molecule has 1 N–H and O–H groups in total. The molecule has 0 aromatic heterocycles. The number of hydrazone groups is 1. The van der Waals surface area contributed by atoms with E-state index < -0.39 is 0 Å². The SMILES string of the molecule is CC(=NNC(=O)c1ccc(F)cc1)c1cccc(C)c1. The Morgan fingerprint density at radius 1 is 1.10 bits per heavy atom. The number of carbonyl (C=O) groups is 1. The molecule has 0 heterocycles. The summed E-state index contributed by atoms with van der Waals surface area (Å²) in [6, 6.07) is 13.2. The fraction of sp³-hybridized carbons (Fsp3) is 0.125. The highest BCUT2D eigenvalue weighted by atomic mass is 19.1. The van der Waals surface area contributed by atoms with Crippen molar-refractivity contribution in [3.8, 4) is 0 Å². The molecule has 2 aromatic rings. The van der Waals surface area contributed by atoms with Crippen molar-refractivity contribution in [3.63, 3.8) is 0 Å². The van der Waals surface area contributed by atoms with Crippen molar-refractivity contribution in [2.45, 2.75) is 13.8 Å². The second-order valence-corrected chi connectivity index (χ2v) is 4.51. The molecule has 0 fully saturated rings. The van der Waals surface area contributed by atoms with Gasteiger partial charge in [0.25, 0.3) is 5.91 Å². The lowest BCUT2D eigenvalue weighted by atomic mass is 10.1. The summed E-state index contributed by atoms with van der Waals surface area (Å²) < 4.78 is 12.8. The highest BCUT2D eigenvalue weighted by Gasteiger charge is 2.05. The van der Waals surface area contributed by atoms with Gasteiger partial charge in [-0.25, -0.2) is 9.82 Å². The lowest BCUT2D eigenvalue weighted by Gasteiger charge is -2.04. The Kier molecular flexibility index (Phi) is 4.25. The molecule has 0 bridgehead atoms. The third kappa shape index (κ3) is 3.51. The Morgan fingerprint density at radius 2 is 1.80 bits per heavy atom. The van der Waals surface area contributed by atoms with Crippen molar-refractivity contribution in [2.24, 2.45) is 5.10 Å². The van der Waals surface area contributed by atoms with Gasteiger partial charge in [-0.3, -0.25) is 4.79 Å². The third-order valence-corrected chi connectivity index (χ3v) is 2.87. The minimum absolute atomic E-state index is 0.364. The first kappa shape index (κ1) is 13.9. The van der Waals surface area contributed by atoms with Crippen molar-refractivity contribution >= 4 is 11.6 Å². The van der Waals surface area contributed by atoms with Gasteiger partial charge in [0.15, 0.2) is 0 Å². The molecular formula is C16H15FN2O. The second-order valence-electron chi connectivity index (χ2n) is 4.51. The summed E-state index contributed by atoms with van der Waals surface area (Å²) in [6.07, 6.45) is 0. The van der Waals surface area contributed by atoms with Crippen molar-refractivity contribution in [3.05, 3.63) is 71.0 Å². The average Bonchev–Trinajstić information content (AvgIpc) is 2.45. The standard InChI is InChI=1S/C16H15FN2O/c1-11-4-3-5-14(10-11)12(2)18-19-16(20)13-6-8-15(17)9-7-13/h3-10H,1-2H3,(H,19,20). The van der Waals surface area contributed by atoms with Crippen LogP contribution in [0, 0.1) is 12.7 Å².